The standard InChI is InChI=1S/C19H21ClN2O2S/c1-22(23)10-8-21(9-11-22)17-12-14-4-2-3-5-18(14)25(24)19-7-6-15(20)13-16(17)19/h2-7,13,17H,8-12H2,1H3. The molecule has 2 atom stereocenters. The highest BCUT2D eigenvalue weighted by Gasteiger charge is 2.33. The van der Waals surface area contributed by atoms with Gasteiger partial charge in [-0.2, -0.15) is 0 Å². The van der Waals surface area contributed by atoms with E-state index in [2.05, 4.69) is 11.0 Å². The van der Waals surface area contributed by atoms with Gasteiger partial charge in [0.25, 0.3) is 0 Å². The Morgan fingerprint density at radius 2 is 1.88 bits per heavy atom. The molecule has 4 nitrogen and oxygen atoms in total. The third kappa shape index (κ3) is 3.27. The molecule has 0 bridgehead atoms. The lowest BCUT2D eigenvalue weighted by Gasteiger charge is -2.47. The topological polar surface area (TPSA) is 43.4 Å². The second kappa shape index (κ2) is 6.49. The predicted octanol–water partition coefficient (Wildman–Crippen LogP) is 3.36. The molecule has 6 heteroatoms. The van der Waals surface area contributed by atoms with Crippen LogP contribution in [0.2, 0.25) is 5.02 Å². The van der Waals surface area contributed by atoms with Gasteiger partial charge in [-0.25, -0.2) is 4.21 Å². The number of quaternary nitrogens is 1. The van der Waals surface area contributed by atoms with Crippen LogP contribution in [0.15, 0.2) is 52.3 Å². The van der Waals surface area contributed by atoms with Gasteiger partial charge in [0.05, 0.1) is 30.9 Å². The number of fused-ring (bicyclic) bond motifs is 2. The fourth-order valence-electron chi connectivity index (χ4n) is 3.78. The zero-order valence-corrected chi connectivity index (χ0v) is 15.7. The SMILES string of the molecule is C[N+]1([O-])CCN(C2Cc3ccccc3S(=O)c3ccc(Cl)cc32)CC1. The molecule has 2 unspecified atom stereocenters. The van der Waals surface area contributed by atoms with Crippen molar-refractivity contribution in [2.24, 2.45) is 0 Å². The molecule has 4 rings (SSSR count). The van der Waals surface area contributed by atoms with E-state index in [9.17, 15) is 9.42 Å². The average molecular weight is 377 g/mol. The van der Waals surface area contributed by atoms with Gasteiger partial charge in [0.2, 0.25) is 0 Å². The summed E-state index contributed by atoms with van der Waals surface area (Å²) in [7, 11) is 0.529. The van der Waals surface area contributed by atoms with E-state index in [1.165, 1.54) is 0 Å². The van der Waals surface area contributed by atoms with Crippen LogP contribution in [0.25, 0.3) is 0 Å². The van der Waals surface area contributed by atoms with Gasteiger partial charge in [-0.05, 0) is 41.8 Å². The Kier molecular flexibility index (Phi) is 4.46. The fourth-order valence-corrected chi connectivity index (χ4v) is 5.39. The number of likely N-dealkylation sites (N-methyl/N-ethyl adjacent to an activating group) is 1. The van der Waals surface area contributed by atoms with Crippen molar-refractivity contribution < 1.29 is 8.86 Å². The Morgan fingerprint density at radius 1 is 1.16 bits per heavy atom. The molecule has 0 amide bonds. The first-order valence-electron chi connectivity index (χ1n) is 8.53. The Balaban J connectivity index is 1.80. The number of halogens is 1. The van der Waals surface area contributed by atoms with E-state index in [4.69, 9.17) is 11.6 Å². The number of piperazine rings is 1. The van der Waals surface area contributed by atoms with Crippen molar-refractivity contribution in [2.45, 2.75) is 22.3 Å². The molecule has 0 aromatic heterocycles. The van der Waals surface area contributed by atoms with Gasteiger partial charge >= 0.3 is 0 Å². The van der Waals surface area contributed by atoms with E-state index in [1.807, 2.05) is 36.4 Å². The summed E-state index contributed by atoms with van der Waals surface area (Å²) in [6, 6.07) is 13.7. The van der Waals surface area contributed by atoms with Gasteiger partial charge in [-0.15, -0.1) is 0 Å². The van der Waals surface area contributed by atoms with Crippen molar-refractivity contribution in [2.75, 3.05) is 33.2 Å². The molecule has 1 saturated heterocycles. The van der Waals surface area contributed by atoms with Crippen molar-refractivity contribution in [3.05, 3.63) is 63.8 Å². The highest BCUT2D eigenvalue weighted by molar-refractivity contribution is 7.85. The summed E-state index contributed by atoms with van der Waals surface area (Å²) in [4.78, 5) is 4.08. The molecular weight excluding hydrogens is 356 g/mol. The third-order valence-corrected chi connectivity index (χ3v) is 7.08. The van der Waals surface area contributed by atoms with Crippen LogP contribution in [-0.4, -0.2) is 47.0 Å². The number of hydrogen-bond donors (Lipinski definition) is 0. The van der Waals surface area contributed by atoms with Crippen molar-refractivity contribution in [3.8, 4) is 0 Å². The van der Waals surface area contributed by atoms with Gasteiger partial charge < -0.3 is 9.85 Å². The first-order chi connectivity index (χ1) is 11.9. The maximum Gasteiger partial charge on any atom is 0.0911 e. The van der Waals surface area contributed by atoms with Gasteiger partial charge in [0.1, 0.15) is 0 Å². The molecule has 2 aromatic rings. The molecule has 0 aliphatic carbocycles. The smallest absolute Gasteiger partial charge is 0.0911 e. The molecule has 25 heavy (non-hydrogen) atoms. The predicted molar refractivity (Wildman–Crippen MR) is 99.9 cm³/mol. The van der Waals surface area contributed by atoms with E-state index in [-0.39, 0.29) is 10.7 Å². The summed E-state index contributed by atoms with van der Waals surface area (Å²) in [6.45, 7) is 2.64. The summed E-state index contributed by atoms with van der Waals surface area (Å²) in [5, 5.41) is 12.9. The fraction of sp³-hybridized carbons (Fsp3) is 0.368. The van der Waals surface area contributed by atoms with Crippen LogP contribution in [-0.2, 0) is 17.2 Å². The Bertz CT molecular complexity index is 830. The van der Waals surface area contributed by atoms with Gasteiger partial charge in [0, 0.05) is 33.9 Å². The van der Waals surface area contributed by atoms with Crippen LogP contribution in [0.4, 0.5) is 0 Å². The van der Waals surface area contributed by atoms with Crippen molar-refractivity contribution in [1.29, 1.82) is 0 Å². The molecule has 132 valence electrons. The average Bonchev–Trinajstić information content (AvgIpc) is 2.71. The Morgan fingerprint density at radius 3 is 2.64 bits per heavy atom. The van der Waals surface area contributed by atoms with Crippen LogP contribution in [0.5, 0.6) is 0 Å². The molecule has 2 aromatic carbocycles. The molecule has 2 heterocycles. The summed E-state index contributed by atoms with van der Waals surface area (Å²) in [5.74, 6) is 0. The van der Waals surface area contributed by atoms with Crippen molar-refractivity contribution in [3.63, 3.8) is 0 Å². The Labute approximate surface area is 155 Å². The number of nitrogens with zero attached hydrogens (tertiary/aromatic N) is 2. The zero-order chi connectivity index (χ0) is 17.6. The van der Waals surface area contributed by atoms with Gasteiger partial charge in [0.15, 0.2) is 0 Å². The van der Waals surface area contributed by atoms with Crippen LogP contribution in [0.1, 0.15) is 17.2 Å². The maximum atomic E-state index is 13.2. The number of hydrogen-bond acceptors (Lipinski definition) is 3. The third-order valence-electron chi connectivity index (χ3n) is 5.28. The quantitative estimate of drug-likeness (QED) is 0.566. The summed E-state index contributed by atoms with van der Waals surface area (Å²) in [6.07, 6.45) is 0.790. The second-order valence-electron chi connectivity index (χ2n) is 7.06. The molecule has 0 saturated carbocycles. The molecule has 1 fully saturated rings. The van der Waals surface area contributed by atoms with E-state index in [1.54, 1.807) is 7.05 Å². The normalized spacial score (nSPS) is 25.7. The minimum Gasteiger partial charge on any atom is -0.633 e. The van der Waals surface area contributed by atoms with Gasteiger partial charge in [-0.1, -0.05) is 29.8 Å². The second-order valence-corrected chi connectivity index (χ2v) is 8.91. The van der Waals surface area contributed by atoms with E-state index < -0.39 is 10.8 Å². The monoisotopic (exact) mass is 376 g/mol. The highest BCUT2D eigenvalue weighted by Crippen LogP contribution is 2.38. The minimum atomic E-state index is -1.21. The zero-order valence-electron chi connectivity index (χ0n) is 14.2. The van der Waals surface area contributed by atoms with E-state index >= 15 is 0 Å². The Hall–Kier alpha value is -1.24. The first kappa shape index (κ1) is 17.2. The molecule has 2 aliphatic heterocycles. The summed E-state index contributed by atoms with van der Waals surface area (Å²) in [5.41, 5.74) is 2.15. The van der Waals surface area contributed by atoms with Crippen molar-refractivity contribution >= 4 is 22.4 Å². The van der Waals surface area contributed by atoms with E-state index in [0.717, 1.165) is 40.4 Å². The van der Waals surface area contributed by atoms with Crippen LogP contribution >= 0.6 is 11.6 Å². The molecule has 0 N–H and O–H groups in total. The van der Waals surface area contributed by atoms with Crippen molar-refractivity contribution in [1.82, 2.24) is 4.90 Å². The lowest BCUT2D eigenvalue weighted by atomic mass is 9.96. The molecule has 0 spiro atoms. The minimum absolute atomic E-state index is 0.0987. The van der Waals surface area contributed by atoms with Crippen LogP contribution < -0.4 is 0 Å². The molecular formula is C19H21ClN2O2S. The molecule has 0 radical (unpaired) electrons. The highest BCUT2D eigenvalue weighted by atomic mass is 35.5. The molecule has 2 aliphatic rings. The van der Waals surface area contributed by atoms with Crippen LogP contribution in [0, 0.1) is 5.21 Å². The number of hydroxylamine groups is 3. The first-order valence-corrected chi connectivity index (χ1v) is 10.1. The van der Waals surface area contributed by atoms with Gasteiger partial charge in [-0.3, -0.25) is 4.90 Å². The lowest BCUT2D eigenvalue weighted by Crippen LogP contribution is -2.54. The van der Waals surface area contributed by atoms with E-state index in [0.29, 0.717) is 18.1 Å². The maximum absolute atomic E-state index is 13.2. The van der Waals surface area contributed by atoms with Crippen LogP contribution in [0.3, 0.4) is 0 Å². The largest absolute Gasteiger partial charge is 0.633 e. The summed E-state index contributed by atoms with van der Waals surface area (Å²) < 4.78 is 13.0. The summed E-state index contributed by atoms with van der Waals surface area (Å²) >= 11 is 6.27. The lowest BCUT2D eigenvalue weighted by molar-refractivity contribution is -0.865. The number of rotatable bonds is 1. The number of benzene rings is 2.